The fourth-order valence-electron chi connectivity index (χ4n) is 9.25. The zero-order chi connectivity index (χ0) is 45.8. The Balaban J connectivity index is 0.910. The third-order valence-electron chi connectivity index (χ3n) is 12.4. The number of methoxy groups -OCH3 is 1. The van der Waals surface area contributed by atoms with Gasteiger partial charge in [-0.2, -0.15) is 0 Å². The molecule has 0 bridgehead atoms. The number of H-pyrrole nitrogens is 2. The van der Waals surface area contributed by atoms with Crippen molar-refractivity contribution in [1.82, 2.24) is 40.4 Å². The van der Waals surface area contributed by atoms with Crippen LogP contribution in [-0.4, -0.2) is 92.6 Å². The second kappa shape index (κ2) is 19.1. The number of rotatable bonds is 11. The van der Waals surface area contributed by atoms with E-state index < -0.39 is 47.5 Å². The van der Waals surface area contributed by atoms with Crippen molar-refractivity contribution in [3.63, 3.8) is 0 Å². The van der Waals surface area contributed by atoms with Crippen LogP contribution in [0.1, 0.15) is 118 Å². The van der Waals surface area contributed by atoms with E-state index in [4.69, 9.17) is 14.5 Å². The van der Waals surface area contributed by atoms with E-state index in [1.54, 1.807) is 78.1 Å². The highest BCUT2D eigenvalue weighted by atomic mass is 19.1. The second-order valence-electron chi connectivity index (χ2n) is 17.8. The van der Waals surface area contributed by atoms with Gasteiger partial charge in [0.05, 0.1) is 31.1 Å². The third-order valence-corrected chi connectivity index (χ3v) is 12.4. The van der Waals surface area contributed by atoms with Gasteiger partial charge < -0.3 is 44.8 Å². The van der Waals surface area contributed by atoms with Gasteiger partial charge in [-0.15, -0.1) is 0 Å². The highest BCUT2D eigenvalue weighted by molar-refractivity contribution is 5.88. The van der Waals surface area contributed by atoms with E-state index in [1.807, 2.05) is 24.3 Å². The van der Waals surface area contributed by atoms with E-state index in [0.717, 1.165) is 12.1 Å². The number of hydrogen-bond acceptors (Lipinski definition) is 9. The van der Waals surface area contributed by atoms with Gasteiger partial charge in [-0.05, 0) is 82.6 Å². The van der Waals surface area contributed by atoms with Gasteiger partial charge in [-0.3, -0.25) is 9.59 Å². The molecule has 4 atom stereocenters. The Morgan fingerprint density at radius 2 is 1.22 bits per heavy atom. The molecule has 3 aliphatic rings. The summed E-state index contributed by atoms with van der Waals surface area (Å²) in [6.07, 6.45) is 5.90. The van der Waals surface area contributed by atoms with Crippen LogP contribution in [0.5, 0.6) is 0 Å². The van der Waals surface area contributed by atoms with Gasteiger partial charge in [-0.1, -0.05) is 60.7 Å². The van der Waals surface area contributed by atoms with E-state index in [1.165, 1.54) is 25.4 Å². The Labute approximate surface area is 376 Å². The summed E-state index contributed by atoms with van der Waals surface area (Å²) in [5.74, 6) is -0.784. The molecule has 65 heavy (non-hydrogen) atoms. The molecule has 3 aliphatic heterocycles. The Kier molecular flexibility index (Phi) is 13.2. The number of amides is 4. The number of likely N-dealkylation sites (tertiary alicyclic amines) is 2. The van der Waals surface area contributed by atoms with Crippen molar-refractivity contribution >= 4 is 29.7 Å². The standard InChI is InChI=1S/C48H55F2N9O6/c1-48(2,3)65-47(63)56-40(31-15-9-6-10-16-31)45(61)59-22-11-17-37(59)42-51-27-35(53-42)29-19-23-57(24-20-29)41-33(49)25-32(26-34(41)50)36-28-52-43(54-36)38-18-12-21-58(38)44(60)39(55-46(62)64-4)30-13-7-5-8-14-30/h5-10,13-16,25-29,37-40H,11-12,17-24H2,1-4H3,(H,51,53)(H,52,54)(H,55,62)(H,56,63). The molecule has 342 valence electrons. The first-order valence-corrected chi connectivity index (χ1v) is 22.2. The summed E-state index contributed by atoms with van der Waals surface area (Å²) in [5.41, 5.74) is 2.00. The number of halogens is 2. The minimum absolute atomic E-state index is 0.0546. The summed E-state index contributed by atoms with van der Waals surface area (Å²) < 4.78 is 42.2. The molecule has 4 unspecified atom stereocenters. The molecule has 4 amide bonds. The number of anilines is 1. The molecule has 0 aliphatic carbocycles. The van der Waals surface area contributed by atoms with Gasteiger partial charge in [0.2, 0.25) is 0 Å². The molecule has 4 N–H and O–H groups in total. The molecule has 8 rings (SSSR count). The predicted molar refractivity (Wildman–Crippen MR) is 237 cm³/mol. The minimum atomic E-state index is -0.979. The van der Waals surface area contributed by atoms with Gasteiger partial charge in [0.1, 0.15) is 46.7 Å². The fraction of sp³-hybridized carbons (Fsp3) is 0.417. The second-order valence-corrected chi connectivity index (χ2v) is 17.8. The van der Waals surface area contributed by atoms with E-state index in [2.05, 4.69) is 25.6 Å². The first-order valence-electron chi connectivity index (χ1n) is 22.2. The van der Waals surface area contributed by atoms with Gasteiger partial charge in [0.15, 0.2) is 0 Å². The molecule has 5 aromatic rings. The van der Waals surface area contributed by atoms with Crippen molar-refractivity contribution < 1.29 is 37.4 Å². The smallest absolute Gasteiger partial charge is 0.408 e. The van der Waals surface area contributed by atoms with Crippen molar-refractivity contribution in [2.45, 2.75) is 95.0 Å². The number of piperidine rings is 1. The van der Waals surface area contributed by atoms with Gasteiger partial charge >= 0.3 is 12.2 Å². The average molecular weight is 892 g/mol. The summed E-state index contributed by atoms with van der Waals surface area (Å²) in [5, 5.41) is 5.44. The summed E-state index contributed by atoms with van der Waals surface area (Å²) in [6, 6.07) is 17.9. The predicted octanol–water partition coefficient (Wildman–Crippen LogP) is 8.15. The Morgan fingerprint density at radius 1 is 0.708 bits per heavy atom. The van der Waals surface area contributed by atoms with Crippen LogP contribution >= 0.6 is 0 Å². The van der Waals surface area contributed by atoms with E-state index in [0.29, 0.717) is 86.8 Å². The zero-order valence-corrected chi connectivity index (χ0v) is 37.0. The number of aromatic nitrogens is 4. The SMILES string of the molecule is COC(=O)NC(C(=O)N1CCCC1c1ncc(-c2cc(F)c(N3CCC(c4cnc(C5CCCN5C(=O)C(NC(=O)OC(C)(C)C)c5ccccc5)[nH]4)CC3)c(F)c2)[nH]1)c1ccccc1. The summed E-state index contributed by atoms with van der Waals surface area (Å²) in [6.45, 7) is 7.06. The molecule has 0 radical (unpaired) electrons. The largest absolute Gasteiger partial charge is 0.453 e. The third kappa shape index (κ3) is 9.98. The minimum Gasteiger partial charge on any atom is -0.453 e. The van der Waals surface area contributed by atoms with Crippen LogP contribution in [0.25, 0.3) is 11.3 Å². The maximum Gasteiger partial charge on any atom is 0.408 e. The first kappa shape index (κ1) is 44.8. The van der Waals surface area contributed by atoms with E-state index in [-0.39, 0.29) is 35.0 Å². The quantitative estimate of drug-likeness (QED) is 0.102. The lowest BCUT2D eigenvalue weighted by Crippen LogP contribution is -2.44. The van der Waals surface area contributed by atoms with Crippen molar-refractivity contribution in [2.75, 3.05) is 38.2 Å². The number of imidazole rings is 2. The average Bonchev–Trinajstić information content (AvgIpc) is 4.14. The van der Waals surface area contributed by atoms with Crippen molar-refractivity contribution in [3.8, 4) is 11.3 Å². The number of benzene rings is 3. The number of carbonyl (C=O) groups excluding carboxylic acids is 4. The lowest BCUT2D eigenvalue weighted by molar-refractivity contribution is -0.135. The van der Waals surface area contributed by atoms with Crippen LogP contribution in [0.15, 0.2) is 85.2 Å². The molecule has 17 heteroatoms. The molecule has 15 nitrogen and oxygen atoms in total. The molecule has 3 aromatic carbocycles. The number of carbonyl (C=O) groups is 4. The topological polar surface area (TPSA) is 178 Å². The fourth-order valence-corrected chi connectivity index (χ4v) is 9.25. The number of alkyl carbamates (subject to hydrolysis) is 2. The highest BCUT2D eigenvalue weighted by Gasteiger charge is 2.39. The van der Waals surface area contributed by atoms with Crippen LogP contribution in [-0.2, 0) is 19.1 Å². The van der Waals surface area contributed by atoms with Crippen LogP contribution in [0, 0.1) is 11.6 Å². The number of hydrogen-bond donors (Lipinski definition) is 4. The lowest BCUT2D eigenvalue weighted by Gasteiger charge is -2.33. The summed E-state index contributed by atoms with van der Waals surface area (Å²) in [7, 11) is 1.24. The molecule has 5 heterocycles. The molecule has 0 spiro atoms. The van der Waals surface area contributed by atoms with Gasteiger partial charge in [-0.25, -0.2) is 28.3 Å². The molecule has 3 fully saturated rings. The van der Waals surface area contributed by atoms with Gasteiger partial charge in [0, 0.05) is 49.6 Å². The molecular formula is C48H55F2N9O6. The van der Waals surface area contributed by atoms with E-state index >= 15 is 8.78 Å². The monoisotopic (exact) mass is 891 g/mol. The maximum absolute atomic E-state index is 16.0. The Morgan fingerprint density at radius 3 is 1.74 bits per heavy atom. The molecule has 3 saturated heterocycles. The van der Waals surface area contributed by atoms with E-state index in [9.17, 15) is 19.2 Å². The van der Waals surface area contributed by atoms with Crippen molar-refractivity contribution in [1.29, 1.82) is 0 Å². The zero-order valence-electron chi connectivity index (χ0n) is 37.0. The van der Waals surface area contributed by atoms with Crippen LogP contribution in [0.3, 0.4) is 0 Å². The number of nitrogens with one attached hydrogen (secondary N) is 4. The molecular weight excluding hydrogens is 837 g/mol. The maximum atomic E-state index is 16.0. The Bertz CT molecular complexity index is 2460. The van der Waals surface area contributed by atoms with Crippen LogP contribution < -0.4 is 15.5 Å². The Hall–Kier alpha value is -6.78. The van der Waals surface area contributed by atoms with Crippen molar-refractivity contribution in [2.24, 2.45) is 0 Å². The lowest BCUT2D eigenvalue weighted by atomic mass is 9.93. The summed E-state index contributed by atoms with van der Waals surface area (Å²) >= 11 is 0. The normalized spacial score (nSPS) is 18.9. The van der Waals surface area contributed by atoms with Crippen molar-refractivity contribution in [3.05, 3.63) is 125 Å². The van der Waals surface area contributed by atoms with Gasteiger partial charge in [0.25, 0.3) is 11.8 Å². The highest BCUT2D eigenvalue weighted by Crippen LogP contribution is 2.39. The molecule has 0 saturated carbocycles. The molecule has 2 aromatic heterocycles. The first-order chi connectivity index (χ1) is 31.3. The number of nitrogens with zero attached hydrogens (tertiary/aromatic N) is 5. The van der Waals surface area contributed by atoms with Crippen LogP contribution in [0.2, 0.25) is 0 Å². The summed E-state index contributed by atoms with van der Waals surface area (Å²) in [4.78, 5) is 74.3. The van der Waals surface area contributed by atoms with Crippen LogP contribution in [0.4, 0.5) is 24.1 Å². The number of ether oxygens (including phenoxy) is 2. The number of aromatic amines is 2.